The summed E-state index contributed by atoms with van der Waals surface area (Å²) in [6.07, 6.45) is 3.65. The molecule has 0 aliphatic heterocycles. The highest BCUT2D eigenvalue weighted by Crippen LogP contribution is 2.32. The Morgan fingerprint density at radius 3 is 2.66 bits per heavy atom. The maximum Gasteiger partial charge on any atom is 0.319 e. The highest BCUT2D eigenvalue weighted by Gasteiger charge is 2.10. The molecule has 5 heteroatoms. The summed E-state index contributed by atoms with van der Waals surface area (Å²) in [6.45, 7) is 2.50. The molecular formula is C24H20ClN3O. The summed E-state index contributed by atoms with van der Waals surface area (Å²) in [5, 5.41) is 8.42. The van der Waals surface area contributed by atoms with Gasteiger partial charge in [-0.25, -0.2) is 4.79 Å². The van der Waals surface area contributed by atoms with Gasteiger partial charge in [0.15, 0.2) is 0 Å². The molecule has 4 rings (SSSR count). The van der Waals surface area contributed by atoms with Crippen molar-refractivity contribution in [1.82, 2.24) is 10.3 Å². The molecule has 1 heterocycles. The van der Waals surface area contributed by atoms with E-state index in [1.165, 1.54) is 11.1 Å². The molecular weight excluding hydrogens is 382 g/mol. The van der Waals surface area contributed by atoms with Crippen molar-refractivity contribution >= 4 is 34.1 Å². The smallest absolute Gasteiger partial charge is 0.319 e. The van der Waals surface area contributed by atoms with Crippen LogP contribution in [0.25, 0.3) is 21.9 Å². The summed E-state index contributed by atoms with van der Waals surface area (Å²) >= 11 is 5.96. The summed E-state index contributed by atoms with van der Waals surface area (Å²) in [5.74, 6) is 0. The Morgan fingerprint density at radius 2 is 1.83 bits per heavy atom. The fourth-order valence-electron chi connectivity index (χ4n) is 3.43. The molecule has 144 valence electrons. The minimum atomic E-state index is -0.285. The van der Waals surface area contributed by atoms with Crippen LogP contribution >= 0.6 is 11.6 Å². The lowest BCUT2D eigenvalue weighted by Crippen LogP contribution is -2.28. The maximum absolute atomic E-state index is 12.3. The van der Waals surface area contributed by atoms with Gasteiger partial charge in [-0.1, -0.05) is 54.1 Å². The van der Waals surface area contributed by atoms with E-state index in [2.05, 4.69) is 40.7 Å². The number of nitrogens with zero attached hydrogens (tertiary/aromatic N) is 1. The number of rotatable bonds is 4. The van der Waals surface area contributed by atoms with E-state index in [1.807, 2.05) is 30.5 Å². The molecule has 2 N–H and O–H groups in total. The lowest BCUT2D eigenvalue weighted by atomic mass is 9.94. The average molecular weight is 402 g/mol. The first-order valence-electron chi connectivity index (χ1n) is 9.34. The number of aryl methyl sites for hydroxylation is 1. The van der Waals surface area contributed by atoms with Crippen molar-refractivity contribution in [3.63, 3.8) is 0 Å². The molecule has 4 nitrogen and oxygen atoms in total. The number of nitrogens with one attached hydrogen (secondary N) is 2. The summed E-state index contributed by atoms with van der Waals surface area (Å²) in [7, 11) is 0. The molecule has 0 unspecified atom stereocenters. The third kappa shape index (κ3) is 4.23. The first kappa shape index (κ1) is 19.0. The van der Waals surface area contributed by atoms with E-state index >= 15 is 0 Å². The molecule has 3 aromatic carbocycles. The van der Waals surface area contributed by atoms with Crippen LogP contribution in [0, 0.1) is 6.92 Å². The number of fused-ring (bicyclic) bond motifs is 1. The Morgan fingerprint density at radius 1 is 0.966 bits per heavy atom. The molecule has 29 heavy (non-hydrogen) atoms. The fourth-order valence-corrected chi connectivity index (χ4v) is 3.62. The molecule has 0 atom stereocenters. The van der Waals surface area contributed by atoms with Gasteiger partial charge in [0, 0.05) is 35.0 Å². The number of anilines is 1. The van der Waals surface area contributed by atoms with E-state index in [9.17, 15) is 4.79 Å². The van der Waals surface area contributed by atoms with Crippen LogP contribution in [0.3, 0.4) is 0 Å². The second kappa shape index (κ2) is 8.33. The van der Waals surface area contributed by atoms with Crippen molar-refractivity contribution < 1.29 is 4.79 Å². The van der Waals surface area contributed by atoms with Gasteiger partial charge in [-0.2, -0.15) is 0 Å². The summed E-state index contributed by atoms with van der Waals surface area (Å²) in [5.41, 5.74) is 5.23. The highest BCUT2D eigenvalue weighted by molar-refractivity contribution is 6.30. The van der Waals surface area contributed by atoms with E-state index in [0.29, 0.717) is 17.3 Å². The van der Waals surface area contributed by atoms with Crippen LogP contribution in [0.1, 0.15) is 11.1 Å². The predicted octanol–water partition coefficient (Wildman–Crippen LogP) is 6.19. The third-order valence-electron chi connectivity index (χ3n) is 4.87. The van der Waals surface area contributed by atoms with Gasteiger partial charge in [-0.05, 0) is 58.8 Å². The van der Waals surface area contributed by atoms with Crippen LogP contribution in [-0.4, -0.2) is 11.0 Å². The van der Waals surface area contributed by atoms with Crippen LogP contribution in [-0.2, 0) is 6.54 Å². The number of benzene rings is 3. The summed E-state index contributed by atoms with van der Waals surface area (Å²) in [6, 6.07) is 21.3. The van der Waals surface area contributed by atoms with Gasteiger partial charge in [-0.3, -0.25) is 4.98 Å². The van der Waals surface area contributed by atoms with Crippen LogP contribution in [0.5, 0.6) is 0 Å². The Labute approximate surface area is 174 Å². The van der Waals surface area contributed by atoms with Gasteiger partial charge in [0.2, 0.25) is 0 Å². The molecule has 0 fully saturated rings. The van der Waals surface area contributed by atoms with Crippen molar-refractivity contribution in [2.75, 3.05) is 5.32 Å². The molecule has 0 radical (unpaired) electrons. The van der Waals surface area contributed by atoms with Gasteiger partial charge in [0.05, 0.1) is 0 Å². The predicted molar refractivity (Wildman–Crippen MR) is 119 cm³/mol. The highest BCUT2D eigenvalue weighted by atomic mass is 35.5. The van der Waals surface area contributed by atoms with Crippen LogP contribution in [0.2, 0.25) is 5.02 Å². The van der Waals surface area contributed by atoms with Crippen molar-refractivity contribution in [1.29, 1.82) is 0 Å². The number of amides is 2. The first-order valence-corrected chi connectivity index (χ1v) is 9.71. The second-order valence-electron chi connectivity index (χ2n) is 6.83. The van der Waals surface area contributed by atoms with E-state index < -0.39 is 0 Å². The first-order chi connectivity index (χ1) is 14.1. The van der Waals surface area contributed by atoms with Crippen molar-refractivity contribution in [2.45, 2.75) is 13.5 Å². The van der Waals surface area contributed by atoms with Gasteiger partial charge < -0.3 is 10.6 Å². The molecule has 0 bridgehead atoms. The largest absolute Gasteiger partial charge is 0.334 e. The van der Waals surface area contributed by atoms with Gasteiger partial charge >= 0.3 is 6.03 Å². The number of aromatic nitrogens is 1. The SMILES string of the molecule is Cc1ccccc1-c1ccc(CNC(=O)Nc2cccc(Cl)c2)c2cnccc12. The number of halogens is 1. The van der Waals surface area contributed by atoms with Crippen LogP contribution in [0.4, 0.5) is 10.5 Å². The molecule has 0 aliphatic carbocycles. The fraction of sp³-hybridized carbons (Fsp3) is 0.0833. The Kier molecular flexibility index (Phi) is 5.45. The van der Waals surface area contributed by atoms with Crippen LogP contribution < -0.4 is 10.6 Å². The average Bonchev–Trinajstić information content (AvgIpc) is 2.72. The Bertz CT molecular complexity index is 1190. The van der Waals surface area contributed by atoms with E-state index in [1.54, 1.807) is 30.5 Å². The molecule has 2 amide bonds. The minimum Gasteiger partial charge on any atom is -0.334 e. The zero-order chi connectivity index (χ0) is 20.2. The quantitative estimate of drug-likeness (QED) is 0.428. The lowest BCUT2D eigenvalue weighted by Gasteiger charge is -2.14. The zero-order valence-corrected chi connectivity index (χ0v) is 16.7. The maximum atomic E-state index is 12.3. The number of hydrogen-bond donors (Lipinski definition) is 2. The molecule has 0 aliphatic rings. The molecule has 0 saturated carbocycles. The zero-order valence-electron chi connectivity index (χ0n) is 15.9. The summed E-state index contributed by atoms with van der Waals surface area (Å²) in [4.78, 5) is 16.6. The van der Waals surface area contributed by atoms with Gasteiger partial charge in [-0.15, -0.1) is 0 Å². The van der Waals surface area contributed by atoms with Gasteiger partial charge in [0.1, 0.15) is 0 Å². The van der Waals surface area contributed by atoms with Crippen LogP contribution in [0.15, 0.2) is 79.1 Å². The Hall–Kier alpha value is -3.37. The monoisotopic (exact) mass is 401 g/mol. The van der Waals surface area contributed by atoms with E-state index in [-0.39, 0.29) is 6.03 Å². The molecule has 0 saturated heterocycles. The number of urea groups is 1. The third-order valence-corrected chi connectivity index (χ3v) is 5.10. The van der Waals surface area contributed by atoms with E-state index in [4.69, 9.17) is 11.6 Å². The molecule has 1 aromatic heterocycles. The Balaban J connectivity index is 1.58. The normalized spacial score (nSPS) is 10.7. The van der Waals surface area contributed by atoms with Crippen molar-refractivity contribution in [3.05, 3.63) is 95.3 Å². The summed E-state index contributed by atoms with van der Waals surface area (Å²) < 4.78 is 0. The van der Waals surface area contributed by atoms with Gasteiger partial charge in [0.25, 0.3) is 0 Å². The lowest BCUT2D eigenvalue weighted by molar-refractivity contribution is 0.252. The van der Waals surface area contributed by atoms with Crippen molar-refractivity contribution in [2.24, 2.45) is 0 Å². The molecule has 0 spiro atoms. The van der Waals surface area contributed by atoms with E-state index in [0.717, 1.165) is 21.9 Å². The van der Waals surface area contributed by atoms with Crippen molar-refractivity contribution in [3.8, 4) is 11.1 Å². The standard InChI is InChI=1S/C24H20ClN3O/c1-16-5-2-3-8-20(16)21-10-9-17(23-15-26-12-11-22(21)23)14-27-24(29)28-19-7-4-6-18(25)13-19/h2-13,15H,14H2,1H3,(H2,27,28,29). The second-order valence-corrected chi connectivity index (χ2v) is 7.26. The number of hydrogen-bond acceptors (Lipinski definition) is 2. The minimum absolute atomic E-state index is 0.285. The number of pyridine rings is 1. The topological polar surface area (TPSA) is 54.0 Å². The molecule has 4 aromatic rings. The number of carbonyl (C=O) groups is 1. The number of carbonyl (C=O) groups excluding carboxylic acids is 1.